The van der Waals surface area contributed by atoms with Gasteiger partial charge in [-0.25, -0.2) is 9.48 Å². The minimum atomic E-state index is -0.659. The largest absolute Gasteiger partial charge is 0.465 e. The molecular formula is C16H18ClN3O3. The van der Waals surface area contributed by atoms with Gasteiger partial charge in [0.15, 0.2) is 0 Å². The van der Waals surface area contributed by atoms with E-state index in [9.17, 15) is 9.59 Å². The van der Waals surface area contributed by atoms with Gasteiger partial charge < -0.3 is 10.1 Å². The molecule has 2 rings (SSSR count). The second kappa shape index (κ2) is 6.75. The van der Waals surface area contributed by atoms with Gasteiger partial charge >= 0.3 is 5.97 Å². The Morgan fingerprint density at radius 2 is 1.87 bits per heavy atom. The van der Waals surface area contributed by atoms with Crippen molar-refractivity contribution in [2.24, 2.45) is 7.05 Å². The molecule has 23 heavy (non-hydrogen) atoms. The normalized spacial score (nSPS) is 11.9. The van der Waals surface area contributed by atoms with Gasteiger partial charge in [0.1, 0.15) is 10.7 Å². The van der Waals surface area contributed by atoms with E-state index < -0.39 is 5.97 Å². The van der Waals surface area contributed by atoms with Crippen LogP contribution in [-0.2, 0) is 16.6 Å². The zero-order chi connectivity index (χ0) is 17.1. The van der Waals surface area contributed by atoms with Crippen LogP contribution < -0.4 is 10.9 Å². The number of carbonyl (C=O) groups excluding carboxylic acids is 1. The maximum atomic E-state index is 12.7. The highest BCUT2D eigenvalue weighted by Gasteiger charge is 2.18. The molecule has 1 N–H and O–H groups in total. The van der Waals surface area contributed by atoms with E-state index in [2.05, 4.69) is 10.1 Å². The number of para-hydroxylation sites is 1. The van der Waals surface area contributed by atoms with Crippen LogP contribution in [-0.4, -0.2) is 22.4 Å². The Kier molecular flexibility index (Phi) is 4.95. The smallest absolute Gasteiger partial charge is 0.351 e. The lowest BCUT2D eigenvalue weighted by molar-refractivity contribution is -0.135. The quantitative estimate of drug-likeness (QED) is 0.689. The van der Waals surface area contributed by atoms with Gasteiger partial charge in [0.25, 0.3) is 5.56 Å². The van der Waals surface area contributed by atoms with E-state index in [1.54, 1.807) is 18.7 Å². The third-order valence-electron chi connectivity index (χ3n) is 3.56. The van der Waals surface area contributed by atoms with Gasteiger partial charge in [-0.2, -0.15) is 0 Å². The van der Waals surface area contributed by atoms with Gasteiger partial charge in [-0.3, -0.25) is 9.48 Å². The number of carbonyl (C=O) groups is 1. The van der Waals surface area contributed by atoms with Crippen LogP contribution in [0.2, 0.25) is 0 Å². The van der Waals surface area contributed by atoms with E-state index in [4.69, 9.17) is 11.6 Å². The molecular weight excluding hydrogens is 318 g/mol. The average Bonchev–Trinajstić information content (AvgIpc) is 2.77. The maximum absolute atomic E-state index is 12.7. The number of hydrogen-bond acceptors (Lipinski definition) is 4. The number of benzene rings is 1. The molecule has 2 aromatic rings. The highest BCUT2D eigenvalue weighted by molar-refractivity contribution is 6.41. The van der Waals surface area contributed by atoms with Crippen molar-refractivity contribution < 1.29 is 9.53 Å². The molecule has 1 heterocycles. The lowest BCUT2D eigenvalue weighted by atomic mass is 10.3. The second-order valence-electron chi connectivity index (χ2n) is 4.99. The number of aromatic nitrogens is 2. The SMILES string of the molecule is COC(=O)/C(Cl)=C(/C)Nc1c(C)n(C)n(-c2ccccc2)c1=O. The Morgan fingerprint density at radius 1 is 1.26 bits per heavy atom. The Labute approximate surface area is 138 Å². The summed E-state index contributed by atoms with van der Waals surface area (Å²) in [5.41, 5.74) is 1.94. The standard InChI is InChI=1S/C16H18ClN3O3/c1-10(13(17)16(22)23-4)18-14-11(2)19(3)20(15(14)21)12-8-6-5-7-9-12/h5-9,18H,1-4H3/b13-10+. The molecule has 0 bridgehead atoms. The first-order valence-corrected chi connectivity index (χ1v) is 7.32. The third-order valence-corrected chi connectivity index (χ3v) is 4.00. The summed E-state index contributed by atoms with van der Waals surface area (Å²) in [5, 5.41) is 2.82. The maximum Gasteiger partial charge on any atom is 0.351 e. The van der Waals surface area contributed by atoms with Crippen LogP contribution >= 0.6 is 11.6 Å². The zero-order valence-electron chi connectivity index (χ0n) is 13.4. The summed E-state index contributed by atoms with van der Waals surface area (Å²) in [5.74, 6) is -0.659. The Hall–Kier alpha value is -2.47. The van der Waals surface area contributed by atoms with Gasteiger partial charge in [0.05, 0.1) is 18.5 Å². The fourth-order valence-electron chi connectivity index (χ4n) is 2.20. The number of nitrogens with one attached hydrogen (secondary N) is 1. The van der Waals surface area contributed by atoms with Crippen molar-refractivity contribution in [2.75, 3.05) is 12.4 Å². The van der Waals surface area contributed by atoms with Gasteiger partial charge in [0.2, 0.25) is 0 Å². The number of nitrogens with zero attached hydrogens (tertiary/aromatic N) is 2. The van der Waals surface area contributed by atoms with Gasteiger partial charge in [-0.1, -0.05) is 29.8 Å². The van der Waals surface area contributed by atoms with Gasteiger partial charge in [-0.05, 0) is 26.0 Å². The molecule has 0 aliphatic heterocycles. The molecule has 1 aromatic heterocycles. The summed E-state index contributed by atoms with van der Waals surface area (Å²) >= 11 is 5.93. The van der Waals surface area contributed by atoms with Crippen molar-refractivity contribution in [3.05, 3.63) is 57.1 Å². The molecule has 0 radical (unpaired) electrons. The lowest BCUT2D eigenvalue weighted by Gasteiger charge is -2.07. The van der Waals surface area contributed by atoms with Crippen molar-refractivity contribution in [2.45, 2.75) is 13.8 Å². The average molecular weight is 336 g/mol. The number of hydrogen-bond donors (Lipinski definition) is 1. The Morgan fingerprint density at radius 3 is 2.43 bits per heavy atom. The highest BCUT2D eigenvalue weighted by Crippen LogP contribution is 2.18. The summed E-state index contributed by atoms with van der Waals surface area (Å²) in [4.78, 5) is 24.2. The first-order valence-electron chi connectivity index (χ1n) is 6.94. The minimum absolute atomic E-state index is 0.0959. The first-order chi connectivity index (χ1) is 10.9. The second-order valence-corrected chi connectivity index (χ2v) is 5.37. The number of allylic oxidation sites excluding steroid dienone is 1. The van der Waals surface area contributed by atoms with Crippen LogP contribution in [0.25, 0.3) is 5.69 Å². The van der Waals surface area contributed by atoms with Crippen molar-refractivity contribution in [3.63, 3.8) is 0 Å². The summed E-state index contributed by atoms with van der Waals surface area (Å²) < 4.78 is 7.85. The fraction of sp³-hybridized carbons (Fsp3) is 0.250. The molecule has 6 nitrogen and oxygen atoms in total. The van der Waals surface area contributed by atoms with Crippen molar-refractivity contribution in [3.8, 4) is 5.69 Å². The van der Waals surface area contributed by atoms with Crippen LogP contribution in [0, 0.1) is 6.92 Å². The third kappa shape index (κ3) is 3.17. The number of halogens is 1. The molecule has 7 heteroatoms. The van der Waals surface area contributed by atoms with Crippen LogP contribution in [0.3, 0.4) is 0 Å². The lowest BCUT2D eigenvalue weighted by Crippen LogP contribution is -2.21. The molecule has 0 amide bonds. The van der Waals surface area contributed by atoms with E-state index in [0.717, 1.165) is 5.69 Å². The van der Waals surface area contributed by atoms with E-state index >= 15 is 0 Å². The molecule has 0 unspecified atom stereocenters. The predicted molar refractivity (Wildman–Crippen MR) is 89.9 cm³/mol. The van der Waals surface area contributed by atoms with Gasteiger partial charge in [0, 0.05) is 12.7 Å². The molecule has 1 aromatic carbocycles. The topological polar surface area (TPSA) is 65.3 Å². The van der Waals surface area contributed by atoms with Crippen molar-refractivity contribution in [1.29, 1.82) is 0 Å². The van der Waals surface area contributed by atoms with Crippen LogP contribution in [0.15, 0.2) is 45.9 Å². The number of anilines is 1. The molecule has 0 aliphatic rings. The highest BCUT2D eigenvalue weighted by atomic mass is 35.5. The molecule has 0 fully saturated rings. The first kappa shape index (κ1) is 16.9. The summed E-state index contributed by atoms with van der Waals surface area (Å²) in [6.07, 6.45) is 0. The molecule has 0 aliphatic carbocycles. The van der Waals surface area contributed by atoms with Crippen LogP contribution in [0.5, 0.6) is 0 Å². The van der Waals surface area contributed by atoms with Crippen molar-refractivity contribution >= 4 is 23.3 Å². The summed E-state index contributed by atoms with van der Waals surface area (Å²) in [6.45, 7) is 3.42. The predicted octanol–water partition coefficient (Wildman–Crippen LogP) is 2.54. The number of methoxy groups -OCH3 is 1. The zero-order valence-corrected chi connectivity index (χ0v) is 14.1. The molecule has 0 saturated heterocycles. The van der Waals surface area contributed by atoms with E-state index in [-0.39, 0.29) is 10.6 Å². The fourth-order valence-corrected chi connectivity index (χ4v) is 2.32. The number of esters is 1. The molecule has 0 atom stereocenters. The summed E-state index contributed by atoms with van der Waals surface area (Å²) in [7, 11) is 3.03. The van der Waals surface area contributed by atoms with E-state index in [1.807, 2.05) is 37.3 Å². The molecule has 0 saturated carbocycles. The Balaban J connectivity index is 2.51. The van der Waals surface area contributed by atoms with Crippen molar-refractivity contribution in [1.82, 2.24) is 9.36 Å². The molecule has 0 spiro atoms. The van der Waals surface area contributed by atoms with E-state index in [0.29, 0.717) is 17.1 Å². The van der Waals surface area contributed by atoms with Gasteiger partial charge in [-0.15, -0.1) is 0 Å². The van der Waals surface area contributed by atoms with Crippen LogP contribution in [0.4, 0.5) is 5.69 Å². The van der Waals surface area contributed by atoms with E-state index in [1.165, 1.54) is 11.8 Å². The van der Waals surface area contributed by atoms with Crippen LogP contribution in [0.1, 0.15) is 12.6 Å². The summed E-state index contributed by atoms with van der Waals surface area (Å²) in [6, 6.07) is 9.28. The number of ether oxygens (including phenoxy) is 1. The Bertz CT molecular complexity index is 819. The monoisotopic (exact) mass is 335 g/mol. The number of rotatable bonds is 4. The minimum Gasteiger partial charge on any atom is -0.465 e. The molecule has 122 valence electrons.